The lowest BCUT2D eigenvalue weighted by molar-refractivity contribution is -0.116. The molecule has 23 heavy (non-hydrogen) atoms. The lowest BCUT2D eigenvalue weighted by atomic mass is 10.2. The van der Waals surface area contributed by atoms with E-state index in [1.807, 2.05) is 24.3 Å². The molecule has 4 nitrogen and oxygen atoms in total. The number of carbonyl (C=O) groups is 2. The summed E-state index contributed by atoms with van der Waals surface area (Å²) >= 11 is 9.13. The normalized spacial score (nSPS) is 10.2. The van der Waals surface area contributed by atoms with Crippen molar-refractivity contribution in [3.63, 3.8) is 0 Å². The highest BCUT2D eigenvalue weighted by Crippen LogP contribution is 2.15. The molecule has 2 N–H and O–H groups in total. The molecular weight excluding hydrogens is 380 g/mol. The second-order valence-corrected chi connectivity index (χ2v) is 6.28. The lowest BCUT2D eigenvalue weighted by Crippen LogP contribution is -2.25. The minimum atomic E-state index is -0.172. The fraction of sp³-hybridized carbons (Fsp3) is 0.176. The van der Waals surface area contributed by atoms with Crippen LogP contribution in [0.5, 0.6) is 0 Å². The summed E-state index contributed by atoms with van der Waals surface area (Å²) in [6.07, 6.45) is 0.909. The highest BCUT2D eigenvalue weighted by atomic mass is 79.9. The summed E-state index contributed by atoms with van der Waals surface area (Å²) in [5.41, 5.74) is 1.29. The van der Waals surface area contributed by atoms with Gasteiger partial charge in [-0.3, -0.25) is 9.59 Å². The summed E-state index contributed by atoms with van der Waals surface area (Å²) in [7, 11) is 0. The quantitative estimate of drug-likeness (QED) is 0.718. The molecule has 2 amide bonds. The van der Waals surface area contributed by atoms with Crippen LogP contribution in [0.3, 0.4) is 0 Å². The van der Waals surface area contributed by atoms with Gasteiger partial charge in [0.15, 0.2) is 0 Å². The van der Waals surface area contributed by atoms with E-state index in [4.69, 9.17) is 11.6 Å². The number of halogens is 2. The fourth-order valence-electron chi connectivity index (χ4n) is 1.94. The molecular formula is C17H16BrClN2O2. The molecule has 0 heterocycles. The minimum absolute atomic E-state index is 0.0798. The molecule has 2 aromatic rings. The molecule has 0 aliphatic heterocycles. The number of carbonyl (C=O) groups excluding carboxylic acids is 2. The summed E-state index contributed by atoms with van der Waals surface area (Å²) in [5.74, 6) is -0.252. The molecule has 120 valence electrons. The van der Waals surface area contributed by atoms with Gasteiger partial charge in [0.1, 0.15) is 0 Å². The number of amides is 2. The standard InChI is InChI=1S/C17H16BrClN2O2/c18-13-3-1-4-15(11-13)21-16(22)5-2-10-20-17(23)12-6-8-14(19)9-7-12/h1,3-4,6-9,11H,2,5,10H2,(H,20,23)(H,21,22). The molecule has 2 rings (SSSR count). The Balaban J connectivity index is 1.69. The summed E-state index contributed by atoms with van der Waals surface area (Å²) < 4.78 is 0.908. The van der Waals surface area contributed by atoms with Crippen molar-refractivity contribution in [2.75, 3.05) is 11.9 Å². The van der Waals surface area contributed by atoms with Gasteiger partial charge in [0, 0.05) is 33.7 Å². The first-order valence-corrected chi connectivity index (χ1v) is 8.31. The summed E-state index contributed by atoms with van der Waals surface area (Å²) in [4.78, 5) is 23.7. The second kappa shape index (κ2) is 8.70. The van der Waals surface area contributed by atoms with E-state index in [1.165, 1.54) is 0 Å². The van der Waals surface area contributed by atoms with Crippen LogP contribution in [0.2, 0.25) is 5.02 Å². The number of rotatable bonds is 6. The predicted molar refractivity (Wildman–Crippen MR) is 95.8 cm³/mol. The monoisotopic (exact) mass is 394 g/mol. The molecule has 0 unspecified atom stereocenters. The molecule has 0 aromatic heterocycles. The number of hydrogen-bond donors (Lipinski definition) is 2. The summed E-state index contributed by atoms with van der Waals surface area (Å²) in [5, 5.41) is 6.18. The Hall–Kier alpha value is -1.85. The van der Waals surface area contributed by atoms with Crippen LogP contribution in [0.1, 0.15) is 23.2 Å². The van der Waals surface area contributed by atoms with Gasteiger partial charge in [-0.15, -0.1) is 0 Å². The third-order valence-corrected chi connectivity index (χ3v) is 3.83. The molecule has 0 atom stereocenters. The maximum atomic E-state index is 11.9. The van der Waals surface area contributed by atoms with Crippen molar-refractivity contribution in [3.05, 3.63) is 63.6 Å². The maximum Gasteiger partial charge on any atom is 0.251 e. The molecule has 0 bridgehead atoms. The van der Waals surface area contributed by atoms with Crippen molar-refractivity contribution in [3.8, 4) is 0 Å². The van der Waals surface area contributed by atoms with Gasteiger partial charge < -0.3 is 10.6 Å². The minimum Gasteiger partial charge on any atom is -0.352 e. The van der Waals surface area contributed by atoms with Gasteiger partial charge >= 0.3 is 0 Å². The van der Waals surface area contributed by atoms with Crippen molar-refractivity contribution in [1.29, 1.82) is 0 Å². The first-order valence-electron chi connectivity index (χ1n) is 7.14. The maximum absolute atomic E-state index is 11.9. The van der Waals surface area contributed by atoms with Crippen molar-refractivity contribution < 1.29 is 9.59 Å². The predicted octanol–water partition coefficient (Wildman–Crippen LogP) is 4.25. The van der Waals surface area contributed by atoms with Crippen molar-refractivity contribution in [2.24, 2.45) is 0 Å². The zero-order chi connectivity index (χ0) is 16.7. The number of nitrogens with one attached hydrogen (secondary N) is 2. The molecule has 0 aliphatic rings. The number of benzene rings is 2. The van der Waals surface area contributed by atoms with E-state index in [-0.39, 0.29) is 11.8 Å². The molecule has 0 fully saturated rings. The summed E-state index contributed by atoms with van der Waals surface area (Å²) in [6, 6.07) is 14.1. The van der Waals surface area contributed by atoms with E-state index in [2.05, 4.69) is 26.6 Å². The van der Waals surface area contributed by atoms with Crippen LogP contribution in [-0.4, -0.2) is 18.4 Å². The molecule has 0 saturated carbocycles. The van der Waals surface area contributed by atoms with Crippen LogP contribution in [0.15, 0.2) is 53.0 Å². The third kappa shape index (κ3) is 6.04. The third-order valence-electron chi connectivity index (χ3n) is 3.08. The highest BCUT2D eigenvalue weighted by Gasteiger charge is 2.06. The Kier molecular flexibility index (Phi) is 6.62. The molecule has 0 saturated heterocycles. The molecule has 0 spiro atoms. The van der Waals surface area contributed by atoms with E-state index in [1.54, 1.807) is 24.3 Å². The van der Waals surface area contributed by atoms with Crippen LogP contribution < -0.4 is 10.6 Å². The van der Waals surface area contributed by atoms with Gasteiger partial charge in [-0.1, -0.05) is 33.6 Å². The largest absolute Gasteiger partial charge is 0.352 e. The van der Waals surface area contributed by atoms with Crippen LogP contribution in [0.25, 0.3) is 0 Å². The molecule has 0 aliphatic carbocycles. The highest BCUT2D eigenvalue weighted by molar-refractivity contribution is 9.10. The van der Waals surface area contributed by atoms with E-state index >= 15 is 0 Å². The average molecular weight is 396 g/mol. The van der Waals surface area contributed by atoms with Gasteiger partial charge in [0.25, 0.3) is 5.91 Å². The van der Waals surface area contributed by atoms with E-state index in [0.29, 0.717) is 30.0 Å². The molecule has 2 aromatic carbocycles. The fourth-order valence-corrected chi connectivity index (χ4v) is 2.47. The van der Waals surface area contributed by atoms with Crippen LogP contribution in [0, 0.1) is 0 Å². The zero-order valence-electron chi connectivity index (χ0n) is 12.3. The van der Waals surface area contributed by atoms with Gasteiger partial charge in [0.2, 0.25) is 5.91 Å². The number of hydrogen-bond acceptors (Lipinski definition) is 2. The first kappa shape index (κ1) is 17.5. The Morgan fingerprint density at radius 3 is 2.52 bits per heavy atom. The first-order chi connectivity index (χ1) is 11.0. The Labute approximate surface area is 148 Å². The van der Waals surface area contributed by atoms with Gasteiger partial charge in [-0.05, 0) is 48.9 Å². The van der Waals surface area contributed by atoms with Gasteiger partial charge in [-0.2, -0.15) is 0 Å². The average Bonchev–Trinajstić information content (AvgIpc) is 2.52. The Morgan fingerprint density at radius 2 is 1.83 bits per heavy atom. The van der Waals surface area contributed by atoms with Crippen LogP contribution in [-0.2, 0) is 4.79 Å². The van der Waals surface area contributed by atoms with Crippen molar-refractivity contribution in [2.45, 2.75) is 12.8 Å². The second-order valence-electron chi connectivity index (χ2n) is 4.92. The SMILES string of the molecule is O=C(CCCNC(=O)c1ccc(Cl)cc1)Nc1cccc(Br)c1. The lowest BCUT2D eigenvalue weighted by Gasteiger charge is -2.07. The molecule has 6 heteroatoms. The zero-order valence-corrected chi connectivity index (χ0v) is 14.7. The smallest absolute Gasteiger partial charge is 0.251 e. The van der Waals surface area contributed by atoms with Crippen LogP contribution in [0.4, 0.5) is 5.69 Å². The van der Waals surface area contributed by atoms with Gasteiger partial charge in [-0.25, -0.2) is 0 Å². The summed E-state index contributed by atoms with van der Waals surface area (Å²) in [6.45, 7) is 0.438. The topological polar surface area (TPSA) is 58.2 Å². The van der Waals surface area contributed by atoms with E-state index < -0.39 is 0 Å². The van der Waals surface area contributed by atoms with Gasteiger partial charge in [0.05, 0.1) is 0 Å². The van der Waals surface area contributed by atoms with Crippen molar-refractivity contribution >= 4 is 45.0 Å². The van der Waals surface area contributed by atoms with E-state index in [9.17, 15) is 9.59 Å². The van der Waals surface area contributed by atoms with Crippen LogP contribution >= 0.6 is 27.5 Å². The van der Waals surface area contributed by atoms with Crippen molar-refractivity contribution in [1.82, 2.24) is 5.32 Å². The Morgan fingerprint density at radius 1 is 1.09 bits per heavy atom. The molecule has 0 radical (unpaired) electrons. The Bertz CT molecular complexity index is 689. The van der Waals surface area contributed by atoms with E-state index in [0.717, 1.165) is 10.2 Å². The number of anilines is 1.